The van der Waals surface area contributed by atoms with Gasteiger partial charge in [-0.15, -0.1) is 0 Å². The van der Waals surface area contributed by atoms with E-state index in [1.165, 1.54) is 6.92 Å². The van der Waals surface area contributed by atoms with Gasteiger partial charge in [-0.2, -0.15) is 0 Å². The highest BCUT2D eigenvalue weighted by atomic mass is 31.2. The van der Waals surface area contributed by atoms with E-state index in [1.54, 1.807) is 0 Å². The maximum atomic E-state index is 10.3. The number of rotatable bonds is 5. The molecule has 0 heterocycles. The Balaban J connectivity index is 3.23. The summed E-state index contributed by atoms with van der Waals surface area (Å²) >= 11 is 0. The standard InChI is InChI=1S/C5H13N2O4P/c1-5(8)6-3-2-4-7-12(9,10)11/h2-4H2,1H3,(H,6,8)(H3,7,9,10,11). The predicted molar refractivity (Wildman–Crippen MR) is 43.3 cm³/mol. The molecule has 0 aromatic heterocycles. The van der Waals surface area contributed by atoms with Crippen LogP contribution in [0.3, 0.4) is 0 Å². The minimum atomic E-state index is -4.09. The quantitative estimate of drug-likeness (QED) is 0.340. The van der Waals surface area contributed by atoms with Crippen molar-refractivity contribution in [2.45, 2.75) is 13.3 Å². The number of hydrogen-bond acceptors (Lipinski definition) is 2. The SMILES string of the molecule is CC(=O)NCCCNP(=O)(O)O. The summed E-state index contributed by atoms with van der Waals surface area (Å²) in [4.78, 5) is 27.0. The molecule has 6 nitrogen and oxygen atoms in total. The van der Waals surface area contributed by atoms with E-state index in [-0.39, 0.29) is 12.5 Å². The van der Waals surface area contributed by atoms with Crippen molar-refractivity contribution in [2.24, 2.45) is 0 Å². The van der Waals surface area contributed by atoms with Gasteiger partial charge in [0.2, 0.25) is 5.91 Å². The molecule has 0 aromatic rings. The Morgan fingerprint density at radius 3 is 2.42 bits per heavy atom. The maximum Gasteiger partial charge on any atom is 0.400 e. The van der Waals surface area contributed by atoms with Gasteiger partial charge in [-0.05, 0) is 6.42 Å². The van der Waals surface area contributed by atoms with Gasteiger partial charge in [-0.3, -0.25) is 4.79 Å². The molecule has 0 rings (SSSR count). The Kier molecular flexibility index (Phi) is 5.08. The molecule has 0 saturated carbocycles. The molecule has 0 aliphatic carbocycles. The van der Waals surface area contributed by atoms with Gasteiger partial charge in [-0.1, -0.05) is 0 Å². The van der Waals surface area contributed by atoms with Crippen LogP contribution in [0, 0.1) is 0 Å². The van der Waals surface area contributed by atoms with Gasteiger partial charge in [0, 0.05) is 20.0 Å². The molecule has 0 bridgehead atoms. The van der Waals surface area contributed by atoms with Gasteiger partial charge in [0.15, 0.2) is 0 Å². The van der Waals surface area contributed by atoms with E-state index < -0.39 is 7.75 Å². The van der Waals surface area contributed by atoms with Crippen LogP contribution < -0.4 is 10.4 Å². The summed E-state index contributed by atoms with van der Waals surface area (Å²) in [5.74, 6) is -0.147. The first-order chi connectivity index (χ1) is 5.42. The molecule has 0 aliphatic rings. The zero-order valence-corrected chi connectivity index (χ0v) is 7.67. The van der Waals surface area contributed by atoms with Crippen LogP contribution in [0.1, 0.15) is 13.3 Å². The molecular weight excluding hydrogens is 183 g/mol. The van der Waals surface area contributed by atoms with Gasteiger partial charge >= 0.3 is 7.75 Å². The highest BCUT2D eigenvalue weighted by Gasteiger charge is 2.09. The molecule has 0 aromatic carbocycles. The molecular formula is C5H13N2O4P. The van der Waals surface area contributed by atoms with Crippen molar-refractivity contribution in [3.05, 3.63) is 0 Å². The second-order valence-electron chi connectivity index (χ2n) is 2.29. The lowest BCUT2D eigenvalue weighted by atomic mass is 10.4. The van der Waals surface area contributed by atoms with E-state index in [0.717, 1.165) is 0 Å². The van der Waals surface area contributed by atoms with Crippen molar-refractivity contribution < 1.29 is 19.1 Å². The lowest BCUT2D eigenvalue weighted by Crippen LogP contribution is -2.24. The molecule has 0 aliphatic heterocycles. The van der Waals surface area contributed by atoms with Crippen LogP contribution in [-0.2, 0) is 9.36 Å². The molecule has 7 heteroatoms. The van der Waals surface area contributed by atoms with Crippen LogP contribution in [0.5, 0.6) is 0 Å². The molecule has 12 heavy (non-hydrogen) atoms. The van der Waals surface area contributed by atoms with E-state index in [2.05, 4.69) is 5.32 Å². The van der Waals surface area contributed by atoms with Gasteiger partial charge in [0.05, 0.1) is 0 Å². The third-order valence-corrected chi connectivity index (χ3v) is 1.68. The van der Waals surface area contributed by atoms with Gasteiger partial charge < -0.3 is 15.1 Å². The number of carbonyl (C=O) groups is 1. The average molecular weight is 196 g/mol. The fraction of sp³-hybridized carbons (Fsp3) is 0.800. The molecule has 72 valence electrons. The van der Waals surface area contributed by atoms with E-state index in [4.69, 9.17) is 9.79 Å². The average Bonchev–Trinajstić information content (AvgIpc) is 1.83. The Bertz CT molecular complexity index is 190. The third-order valence-electron chi connectivity index (χ3n) is 1.05. The summed E-state index contributed by atoms with van der Waals surface area (Å²) in [6.07, 6.45) is 0.491. The lowest BCUT2D eigenvalue weighted by Gasteiger charge is -2.05. The molecule has 0 fully saturated rings. The van der Waals surface area contributed by atoms with Crippen LogP contribution in [0.15, 0.2) is 0 Å². The summed E-state index contributed by atoms with van der Waals surface area (Å²) in [5.41, 5.74) is 0. The monoisotopic (exact) mass is 196 g/mol. The van der Waals surface area contributed by atoms with Crippen LogP contribution >= 0.6 is 7.75 Å². The second kappa shape index (κ2) is 5.27. The summed E-state index contributed by atoms with van der Waals surface area (Å²) in [7, 11) is -4.09. The molecule has 0 atom stereocenters. The molecule has 0 unspecified atom stereocenters. The minimum Gasteiger partial charge on any atom is -0.356 e. The number of carbonyl (C=O) groups excluding carboxylic acids is 1. The molecule has 0 radical (unpaired) electrons. The minimum absolute atomic E-state index is 0.147. The summed E-state index contributed by atoms with van der Waals surface area (Å²) in [6, 6.07) is 0. The highest BCUT2D eigenvalue weighted by molar-refractivity contribution is 7.49. The van der Waals surface area contributed by atoms with E-state index >= 15 is 0 Å². The fourth-order valence-corrected chi connectivity index (χ4v) is 1.03. The Hall–Kier alpha value is -0.420. The van der Waals surface area contributed by atoms with Crippen molar-refractivity contribution in [3.8, 4) is 0 Å². The molecule has 4 N–H and O–H groups in total. The summed E-state index contributed by atoms with van der Waals surface area (Å²) in [5, 5.41) is 4.51. The van der Waals surface area contributed by atoms with E-state index in [9.17, 15) is 9.36 Å². The third kappa shape index (κ3) is 9.58. The van der Waals surface area contributed by atoms with Crippen LogP contribution in [-0.4, -0.2) is 28.8 Å². The van der Waals surface area contributed by atoms with Crippen LogP contribution in [0.25, 0.3) is 0 Å². The van der Waals surface area contributed by atoms with Gasteiger partial charge in [0.25, 0.3) is 0 Å². The number of nitrogens with one attached hydrogen (secondary N) is 2. The number of amides is 1. The van der Waals surface area contributed by atoms with Crippen molar-refractivity contribution >= 4 is 13.7 Å². The zero-order valence-electron chi connectivity index (χ0n) is 6.78. The molecule has 0 spiro atoms. The smallest absolute Gasteiger partial charge is 0.356 e. The summed E-state index contributed by atoms with van der Waals surface area (Å²) in [6.45, 7) is 1.99. The van der Waals surface area contributed by atoms with Gasteiger partial charge in [-0.25, -0.2) is 9.65 Å². The van der Waals surface area contributed by atoms with Crippen molar-refractivity contribution in [1.82, 2.24) is 10.4 Å². The first-order valence-electron chi connectivity index (χ1n) is 3.47. The normalized spacial score (nSPS) is 11.2. The van der Waals surface area contributed by atoms with E-state index in [1.807, 2.05) is 5.09 Å². The Morgan fingerprint density at radius 2 is 2.00 bits per heavy atom. The largest absolute Gasteiger partial charge is 0.400 e. The fourth-order valence-electron chi connectivity index (χ4n) is 0.578. The van der Waals surface area contributed by atoms with E-state index in [0.29, 0.717) is 13.0 Å². The maximum absolute atomic E-state index is 10.3. The van der Waals surface area contributed by atoms with Crippen molar-refractivity contribution in [2.75, 3.05) is 13.1 Å². The first-order valence-corrected chi connectivity index (χ1v) is 5.08. The second-order valence-corrected chi connectivity index (χ2v) is 3.69. The Labute approximate surface area is 70.6 Å². The molecule has 0 saturated heterocycles. The van der Waals surface area contributed by atoms with Crippen molar-refractivity contribution in [1.29, 1.82) is 0 Å². The Morgan fingerprint density at radius 1 is 1.42 bits per heavy atom. The first kappa shape index (κ1) is 11.6. The van der Waals surface area contributed by atoms with Gasteiger partial charge in [0.1, 0.15) is 0 Å². The topological polar surface area (TPSA) is 98.7 Å². The lowest BCUT2D eigenvalue weighted by molar-refractivity contribution is -0.118. The van der Waals surface area contributed by atoms with Crippen LogP contribution in [0.2, 0.25) is 0 Å². The predicted octanol–water partition coefficient (Wildman–Crippen LogP) is -0.805. The van der Waals surface area contributed by atoms with Crippen molar-refractivity contribution in [3.63, 3.8) is 0 Å². The summed E-state index contributed by atoms with van der Waals surface area (Å²) < 4.78 is 10.2. The zero-order chi connectivity index (χ0) is 9.61. The highest BCUT2D eigenvalue weighted by Crippen LogP contribution is 2.27. The van der Waals surface area contributed by atoms with Crippen LogP contribution in [0.4, 0.5) is 0 Å². The molecule has 1 amide bonds. The number of hydrogen-bond donors (Lipinski definition) is 4.